The quantitative estimate of drug-likeness (QED) is 0.943. The van der Waals surface area contributed by atoms with Gasteiger partial charge in [0.1, 0.15) is 10.0 Å². The first-order valence-electron chi connectivity index (χ1n) is 4.63. The van der Waals surface area contributed by atoms with Crippen molar-refractivity contribution in [2.75, 3.05) is 7.05 Å². The van der Waals surface area contributed by atoms with Gasteiger partial charge in [0.05, 0.1) is 0 Å². The van der Waals surface area contributed by atoms with Gasteiger partial charge in [0.15, 0.2) is 0 Å². The molecule has 2 rings (SSSR count). The van der Waals surface area contributed by atoms with Crippen LogP contribution < -0.4 is 5.32 Å². The van der Waals surface area contributed by atoms with Gasteiger partial charge in [-0.2, -0.15) is 0 Å². The van der Waals surface area contributed by atoms with Gasteiger partial charge in [-0.25, -0.2) is 0 Å². The summed E-state index contributed by atoms with van der Waals surface area (Å²) in [6.45, 7) is 0.732. The minimum Gasteiger partial charge on any atom is -0.313 e. The lowest BCUT2D eigenvalue weighted by Gasteiger charge is -1.99. The molecule has 0 bridgehead atoms. The molecule has 84 valence electrons. The number of nitrogens with one attached hydrogen (secondary N) is 1. The summed E-state index contributed by atoms with van der Waals surface area (Å²) in [5, 5.41) is 13.8. The minimum absolute atomic E-state index is 0.698. The standard InChI is InChI=1S/C10H9BrClN3S/c1-13-5-9-14-15-10(16-9)7-4-6(12)2-3-8(7)11/h2-4,13H,5H2,1H3. The van der Waals surface area contributed by atoms with E-state index >= 15 is 0 Å². The van der Waals surface area contributed by atoms with Gasteiger partial charge in [-0.15, -0.1) is 10.2 Å². The molecule has 0 radical (unpaired) electrons. The molecule has 16 heavy (non-hydrogen) atoms. The Bertz CT molecular complexity index is 501. The molecule has 0 saturated heterocycles. The first-order chi connectivity index (χ1) is 7.70. The largest absolute Gasteiger partial charge is 0.313 e. The van der Waals surface area contributed by atoms with E-state index in [9.17, 15) is 0 Å². The fourth-order valence-corrected chi connectivity index (χ4v) is 2.87. The van der Waals surface area contributed by atoms with Gasteiger partial charge < -0.3 is 5.32 Å². The monoisotopic (exact) mass is 317 g/mol. The van der Waals surface area contributed by atoms with Crippen molar-refractivity contribution in [3.05, 3.63) is 32.7 Å². The van der Waals surface area contributed by atoms with Crippen LogP contribution in [0.2, 0.25) is 5.02 Å². The third-order valence-electron chi connectivity index (χ3n) is 1.95. The second-order valence-corrected chi connectivity index (χ2v) is 5.51. The number of hydrogen-bond acceptors (Lipinski definition) is 4. The van der Waals surface area contributed by atoms with E-state index in [1.807, 2.05) is 25.2 Å². The molecule has 0 saturated carbocycles. The lowest BCUT2D eigenvalue weighted by molar-refractivity contribution is 0.795. The molecule has 1 heterocycles. The molecule has 0 unspecified atom stereocenters. The second-order valence-electron chi connectivity index (χ2n) is 3.16. The summed E-state index contributed by atoms with van der Waals surface area (Å²) in [6.07, 6.45) is 0. The molecule has 0 amide bonds. The van der Waals surface area contributed by atoms with Crippen molar-refractivity contribution in [3.8, 4) is 10.6 Å². The lowest BCUT2D eigenvalue weighted by atomic mass is 10.2. The van der Waals surface area contributed by atoms with Gasteiger partial charge >= 0.3 is 0 Å². The van der Waals surface area contributed by atoms with Gasteiger partial charge in [0.2, 0.25) is 0 Å². The summed E-state index contributed by atoms with van der Waals surface area (Å²) in [5.74, 6) is 0. The van der Waals surface area contributed by atoms with Crippen LogP contribution in [0.3, 0.4) is 0 Å². The number of hydrogen-bond donors (Lipinski definition) is 1. The smallest absolute Gasteiger partial charge is 0.149 e. The molecule has 6 heteroatoms. The van der Waals surface area contributed by atoms with Crippen LogP contribution in [0.4, 0.5) is 0 Å². The predicted octanol–water partition coefficient (Wildman–Crippen LogP) is 3.34. The summed E-state index contributed by atoms with van der Waals surface area (Å²) >= 11 is 11.0. The molecule has 0 aliphatic rings. The van der Waals surface area contributed by atoms with Crippen molar-refractivity contribution in [2.24, 2.45) is 0 Å². The van der Waals surface area contributed by atoms with E-state index in [-0.39, 0.29) is 0 Å². The summed E-state index contributed by atoms with van der Waals surface area (Å²) in [6, 6.07) is 5.64. The Balaban J connectivity index is 2.38. The van der Waals surface area contributed by atoms with E-state index in [0.29, 0.717) is 5.02 Å². The molecular weight excluding hydrogens is 310 g/mol. The van der Waals surface area contributed by atoms with E-state index in [4.69, 9.17) is 11.6 Å². The molecule has 0 spiro atoms. The fourth-order valence-electron chi connectivity index (χ4n) is 1.25. The molecular formula is C10H9BrClN3S. The first-order valence-corrected chi connectivity index (χ1v) is 6.62. The molecule has 0 aliphatic heterocycles. The van der Waals surface area contributed by atoms with E-state index in [2.05, 4.69) is 31.4 Å². The van der Waals surface area contributed by atoms with Crippen LogP contribution in [0.1, 0.15) is 5.01 Å². The summed E-state index contributed by atoms with van der Waals surface area (Å²) < 4.78 is 0.976. The van der Waals surface area contributed by atoms with Crippen molar-refractivity contribution in [1.82, 2.24) is 15.5 Å². The van der Waals surface area contributed by atoms with Crippen LogP contribution in [0, 0.1) is 0 Å². The van der Waals surface area contributed by atoms with Crippen LogP contribution >= 0.6 is 38.9 Å². The normalized spacial score (nSPS) is 10.7. The summed E-state index contributed by atoms with van der Waals surface area (Å²) in [7, 11) is 1.89. The highest BCUT2D eigenvalue weighted by atomic mass is 79.9. The number of rotatable bonds is 3. The van der Waals surface area contributed by atoms with E-state index in [1.54, 1.807) is 11.3 Å². The second kappa shape index (κ2) is 5.23. The van der Waals surface area contributed by atoms with E-state index in [1.165, 1.54) is 0 Å². The highest BCUT2D eigenvalue weighted by molar-refractivity contribution is 9.10. The molecule has 1 N–H and O–H groups in total. The van der Waals surface area contributed by atoms with Gasteiger partial charge in [-0.1, -0.05) is 38.9 Å². The third-order valence-corrected chi connectivity index (χ3v) is 3.84. The van der Waals surface area contributed by atoms with Gasteiger partial charge in [-0.3, -0.25) is 0 Å². The zero-order chi connectivity index (χ0) is 11.5. The maximum absolute atomic E-state index is 5.96. The SMILES string of the molecule is CNCc1nnc(-c2cc(Cl)ccc2Br)s1. The average Bonchev–Trinajstić information content (AvgIpc) is 2.71. The van der Waals surface area contributed by atoms with Gasteiger partial charge in [0.25, 0.3) is 0 Å². The zero-order valence-corrected chi connectivity index (χ0v) is 11.7. The molecule has 0 aliphatic carbocycles. The maximum Gasteiger partial charge on any atom is 0.149 e. The third kappa shape index (κ3) is 2.60. The molecule has 0 atom stereocenters. The van der Waals surface area contributed by atoms with Crippen LogP contribution in [0.15, 0.2) is 22.7 Å². The maximum atomic E-state index is 5.96. The van der Waals surface area contributed by atoms with E-state index < -0.39 is 0 Å². The Kier molecular flexibility index (Phi) is 3.91. The van der Waals surface area contributed by atoms with Gasteiger partial charge in [0, 0.05) is 21.6 Å². The molecule has 0 fully saturated rings. The Morgan fingerprint density at radius 1 is 1.44 bits per heavy atom. The topological polar surface area (TPSA) is 37.8 Å². The fraction of sp³-hybridized carbons (Fsp3) is 0.200. The van der Waals surface area contributed by atoms with Crippen LogP contribution in [-0.4, -0.2) is 17.2 Å². The van der Waals surface area contributed by atoms with Crippen molar-refractivity contribution < 1.29 is 0 Å². The Morgan fingerprint density at radius 2 is 2.25 bits per heavy atom. The highest BCUT2D eigenvalue weighted by Gasteiger charge is 2.09. The van der Waals surface area contributed by atoms with Crippen molar-refractivity contribution in [2.45, 2.75) is 6.54 Å². The van der Waals surface area contributed by atoms with Crippen molar-refractivity contribution in [1.29, 1.82) is 0 Å². The summed E-state index contributed by atoms with van der Waals surface area (Å²) in [5.41, 5.74) is 0.979. The van der Waals surface area contributed by atoms with Crippen LogP contribution in [0.5, 0.6) is 0 Å². The van der Waals surface area contributed by atoms with E-state index in [0.717, 1.165) is 26.6 Å². The predicted molar refractivity (Wildman–Crippen MR) is 70.8 cm³/mol. The molecule has 2 aromatic rings. The van der Waals surface area contributed by atoms with Gasteiger partial charge in [-0.05, 0) is 25.2 Å². The number of halogens is 2. The molecule has 3 nitrogen and oxygen atoms in total. The van der Waals surface area contributed by atoms with Crippen molar-refractivity contribution in [3.63, 3.8) is 0 Å². The zero-order valence-electron chi connectivity index (χ0n) is 8.50. The van der Waals surface area contributed by atoms with Crippen LogP contribution in [-0.2, 0) is 6.54 Å². The molecule has 1 aromatic heterocycles. The number of benzene rings is 1. The number of aromatic nitrogens is 2. The number of nitrogens with zero attached hydrogens (tertiary/aromatic N) is 2. The molecule has 1 aromatic carbocycles. The van der Waals surface area contributed by atoms with Crippen molar-refractivity contribution >= 4 is 38.9 Å². The van der Waals surface area contributed by atoms with Crippen LogP contribution in [0.25, 0.3) is 10.6 Å². The Hall–Kier alpha value is -0.490. The lowest BCUT2D eigenvalue weighted by Crippen LogP contribution is -2.04. The minimum atomic E-state index is 0.698. The Labute approximate surface area is 111 Å². The average molecular weight is 319 g/mol. The summed E-state index contributed by atoms with van der Waals surface area (Å²) in [4.78, 5) is 0. The first kappa shape index (κ1) is 12.0. The Morgan fingerprint density at radius 3 is 3.00 bits per heavy atom. The highest BCUT2D eigenvalue weighted by Crippen LogP contribution is 2.32.